The first kappa shape index (κ1) is 29.5. The van der Waals surface area contributed by atoms with Gasteiger partial charge in [-0.05, 0) is 61.5 Å². The Morgan fingerprint density at radius 3 is 2.48 bits per heavy atom. The van der Waals surface area contributed by atoms with Gasteiger partial charge in [-0.1, -0.05) is 29.8 Å². The van der Waals surface area contributed by atoms with Crippen LogP contribution >= 0.6 is 22.9 Å². The Hall–Kier alpha value is -4.02. The van der Waals surface area contributed by atoms with E-state index >= 15 is 4.39 Å². The number of esters is 2. The molecule has 0 amide bonds. The predicted octanol–water partition coefficient (Wildman–Crippen LogP) is 6.21. The van der Waals surface area contributed by atoms with Crippen LogP contribution in [-0.4, -0.2) is 30.9 Å². The van der Waals surface area contributed by atoms with E-state index in [0.29, 0.717) is 16.7 Å². The molecule has 3 atom stereocenters. The van der Waals surface area contributed by atoms with Gasteiger partial charge in [0, 0.05) is 33.2 Å². The summed E-state index contributed by atoms with van der Waals surface area (Å²) in [5.74, 6) is -7.10. The van der Waals surface area contributed by atoms with Crippen molar-refractivity contribution in [1.29, 1.82) is 0 Å². The van der Waals surface area contributed by atoms with Gasteiger partial charge in [-0.25, -0.2) is 13.6 Å². The van der Waals surface area contributed by atoms with Crippen molar-refractivity contribution in [2.24, 2.45) is 11.7 Å². The molecule has 2 N–H and O–H groups in total. The molecule has 218 valence electrons. The van der Waals surface area contributed by atoms with Crippen LogP contribution in [0.15, 0.2) is 82.6 Å². The average Bonchev–Trinajstić information content (AvgIpc) is 3.48. The lowest BCUT2D eigenvalue weighted by Gasteiger charge is -2.43. The van der Waals surface area contributed by atoms with Crippen LogP contribution in [0.4, 0.5) is 14.5 Å². The Labute approximate surface area is 250 Å². The molecule has 42 heavy (non-hydrogen) atoms. The first-order valence-corrected chi connectivity index (χ1v) is 14.6. The Morgan fingerprint density at radius 1 is 1.07 bits per heavy atom. The number of anilines is 1. The highest BCUT2D eigenvalue weighted by Crippen LogP contribution is 2.52. The molecule has 3 aromatic rings. The van der Waals surface area contributed by atoms with Gasteiger partial charge in [-0.15, -0.1) is 11.3 Å². The van der Waals surface area contributed by atoms with Gasteiger partial charge in [0.25, 0.3) is 0 Å². The van der Waals surface area contributed by atoms with E-state index in [1.807, 2.05) is 11.4 Å². The van der Waals surface area contributed by atoms with Crippen LogP contribution in [-0.2, 0) is 23.9 Å². The van der Waals surface area contributed by atoms with Crippen molar-refractivity contribution in [1.82, 2.24) is 0 Å². The minimum Gasteiger partial charge on any atom is -0.465 e. The van der Waals surface area contributed by atoms with Gasteiger partial charge in [0.15, 0.2) is 5.78 Å². The normalized spacial score (nSPS) is 20.5. The number of nitrogens with two attached hydrogens (primary N) is 1. The lowest BCUT2D eigenvalue weighted by atomic mass is 9.68. The van der Waals surface area contributed by atoms with Gasteiger partial charge in [-0.2, -0.15) is 0 Å². The standard InChI is InChI=1S/C31H27ClF2N2O5S/c1-3-40-30(38)25-19(23-9-6-12-42-23)15-22-26(28(25)37)24(16-7-5-8-17(32)13-16)27(31(39)41-4-2)29(35)36(22)21-11-10-18(33)14-20(21)34/h5-14,19,24-25H,3-4,15,35H2,1-2H3/t19-,24+,25+/m0/s1. The van der Waals surface area contributed by atoms with E-state index < -0.39 is 47.1 Å². The zero-order valence-electron chi connectivity index (χ0n) is 22.7. The van der Waals surface area contributed by atoms with E-state index in [4.69, 9.17) is 26.8 Å². The van der Waals surface area contributed by atoms with Crippen LogP contribution in [0.5, 0.6) is 0 Å². The van der Waals surface area contributed by atoms with Crippen molar-refractivity contribution in [3.63, 3.8) is 0 Å². The first-order chi connectivity index (χ1) is 20.2. The lowest BCUT2D eigenvalue weighted by Crippen LogP contribution is -2.46. The third kappa shape index (κ3) is 5.20. The maximum absolute atomic E-state index is 15.4. The van der Waals surface area contributed by atoms with Gasteiger partial charge in [0.2, 0.25) is 0 Å². The molecule has 5 rings (SSSR count). The number of thiophene rings is 1. The van der Waals surface area contributed by atoms with Crippen molar-refractivity contribution in [2.45, 2.75) is 32.1 Å². The molecule has 0 saturated heterocycles. The highest BCUT2D eigenvalue weighted by molar-refractivity contribution is 7.10. The van der Waals surface area contributed by atoms with Crippen molar-refractivity contribution in [2.75, 3.05) is 18.1 Å². The van der Waals surface area contributed by atoms with E-state index in [0.717, 1.165) is 10.9 Å². The summed E-state index contributed by atoms with van der Waals surface area (Å²) in [5, 5.41) is 2.16. The first-order valence-electron chi connectivity index (χ1n) is 13.3. The smallest absolute Gasteiger partial charge is 0.338 e. The summed E-state index contributed by atoms with van der Waals surface area (Å²) in [6.07, 6.45) is 0.0652. The number of nitrogens with zero attached hydrogens (tertiary/aromatic N) is 1. The van der Waals surface area contributed by atoms with Gasteiger partial charge in [-0.3, -0.25) is 14.5 Å². The fourth-order valence-corrected chi connectivity index (χ4v) is 6.73. The van der Waals surface area contributed by atoms with Gasteiger partial charge >= 0.3 is 11.9 Å². The summed E-state index contributed by atoms with van der Waals surface area (Å²) in [7, 11) is 0. The second-order valence-corrected chi connectivity index (χ2v) is 11.1. The number of ether oxygens (including phenoxy) is 2. The summed E-state index contributed by atoms with van der Waals surface area (Å²) >= 11 is 7.70. The van der Waals surface area contributed by atoms with E-state index in [1.54, 1.807) is 44.2 Å². The summed E-state index contributed by atoms with van der Waals surface area (Å²) < 4.78 is 40.1. The SMILES string of the molecule is CCOC(=O)C1=C(N)N(c2ccc(F)cc2F)C2=C(C(=O)[C@H](C(=O)OCC)[C@H](c3cccs3)C2)[C@H]1c1cccc(Cl)c1. The molecule has 0 saturated carbocycles. The topological polar surface area (TPSA) is 98.9 Å². The molecule has 0 radical (unpaired) electrons. The number of hydrogen-bond acceptors (Lipinski definition) is 8. The Bertz CT molecular complexity index is 1620. The number of Topliss-reactive ketones (excluding diaryl/α,β-unsaturated/α-hetero) is 1. The molecule has 1 aliphatic carbocycles. The quantitative estimate of drug-likeness (QED) is 0.250. The second-order valence-electron chi connectivity index (χ2n) is 9.72. The number of ketones is 1. The lowest BCUT2D eigenvalue weighted by molar-refractivity contribution is -0.152. The number of carbonyl (C=O) groups is 3. The zero-order valence-corrected chi connectivity index (χ0v) is 24.3. The molecule has 2 aromatic carbocycles. The van der Waals surface area contributed by atoms with Gasteiger partial charge < -0.3 is 15.2 Å². The van der Waals surface area contributed by atoms with Crippen LogP contribution in [0.3, 0.4) is 0 Å². The molecule has 7 nitrogen and oxygen atoms in total. The van der Waals surface area contributed by atoms with Crippen LogP contribution < -0.4 is 10.6 Å². The van der Waals surface area contributed by atoms with Crippen molar-refractivity contribution < 1.29 is 32.6 Å². The molecule has 0 fully saturated rings. The van der Waals surface area contributed by atoms with Crippen molar-refractivity contribution in [3.05, 3.63) is 110 Å². The molecular formula is C31H27ClF2N2O5S. The molecule has 0 spiro atoms. The molecule has 1 aliphatic heterocycles. The number of benzene rings is 2. The molecule has 1 aromatic heterocycles. The summed E-state index contributed by atoms with van der Waals surface area (Å²) in [6, 6.07) is 13.1. The minimum atomic E-state index is -1.24. The predicted molar refractivity (Wildman–Crippen MR) is 155 cm³/mol. The monoisotopic (exact) mass is 612 g/mol. The Morgan fingerprint density at radius 2 is 1.83 bits per heavy atom. The van der Waals surface area contributed by atoms with Crippen molar-refractivity contribution >= 4 is 46.3 Å². The highest BCUT2D eigenvalue weighted by Gasteiger charge is 2.52. The number of rotatable bonds is 7. The molecule has 0 bridgehead atoms. The zero-order chi connectivity index (χ0) is 30.1. The molecular weight excluding hydrogens is 586 g/mol. The van der Waals surface area contributed by atoms with E-state index in [2.05, 4.69) is 0 Å². The minimum absolute atomic E-state index is 0.00541. The average molecular weight is 613 g/mol. The largest absolute Gasteiger partial charge is 0.465 e. The van der Waals surface area contributed by atoms with Gasteiger partial charge in [0.05, 0.1) is 30.4 Å². The molecule has 2 aliphatic rings. The van der Waals surface area contributed by atoms with Crippen molar-refractivity contribution in [3.8, 4) is 0 Å². The third-order valence-electron chi connectivity index (χ3n) is 7.32. The summed E-state index contributed by atoms with van der Waals surface area (Å²) in [4.78, 5) is 43.5. The van der Waals surface area contributed by atoms with Crippen LogP contribution in [0, 0.1) is 17.6 Å². The number of carbonyl (C=O) groups excluding carboxylic acids is 3. The van der Waals surface area contributed by atoms with E-state index in [-0.39, 0.29) is 48.0 Å². The Kier molecular flexibility index (Phi) is 8.47. The molecule has 2 heterocycles. The van der Waals surface area contributed by atoms with Crippen LogP contribution in [0.2, 0.25) is 5.02 Å². The number of allylic oxidation sites excluding steroid dienone is 2. The van der Waals surface area contributed by atoms with E-state index in [1.165, 1.54) is 22.3 Å². The number of hydrogen-bond donors (Lipinski definition) is 1. The Balaban J connectivity index is 1.84. The van der Waals surface area contributed by atoms with Crippen LogP contribution in [0.1, 0.15) is 42.5 Å². The summed E-state index contributed by atoms with van der Waals surface area (Å²) in [5.41, 5.74) is 7.18. The van der Waals surface area contributed by atoms with Gasteiger partial charge in [0.1, 0.15) is 23.4 Å². The second kappa shape index (κ2) is 12.1. The maximum Gasteiger partial charge on any atom is 0.338 e. The maximum atomic E-state index is 15.4. The third-order valence-corrected chi connectivity index (χ3v) is 8.56. The van der Waals surface area contributed by atoms with Crippen LogP contribution in [0.25, 0.3) is 0 Å². The fourth-order valence-electron chi connectivity index (χ4n) is 5.67. The number of halogens is 3. The fraction of sp³-hybridized carbons (Fsp3) is 0.258. The molecule has 0 unspecified atom stereocenters. The highest BCUT2D eigenvalue weighted by atomic mass is 35.5. The molecule has 11 heteroatoms. The van der Waals surface area contributed by atoms with E-state index in [9.17, 15) is 18.8 Å². The summed E-state index contributed by atoms with van der Waals surface area (Å²) in [6.45, 7) is 3.31.